The lowest BCUT2D eigenvalue weighted by Crippen LogP contribution is -2.17. The average Bonchev–Trinajstić information content (AvgIpc) is 3.21. The van der Waals surface area contributed by atoms with Crippen LogP contribution in [0, 0.1) is 0 Å². The number of hydrogen-bond donors (Lipinski definition) is 1. The van der Waals surface area contributed by atoms with Gasteiger partial charge in [-0.2, -0.15) is 0 Å². The molecule has 1 aliphatic rings. The van der Waals surface area contributed by atoms with Gasteiger partial charge in [-0.15, -0.1) is 13.2 Å². The number of hydrogen-bond acceptors (Lipinski definition) is 4. The van der Waals surface area contributed by atoms with E-state index in [4.69, 9.17) is 5.73 Å². The summed E-state index contributed by atoms with van der Waals surface area (Å²) in [5, 5.41) is 0. The van der Waals surface area contributed by atoms with Crippen LogP contribution in [0.15, 0.2) is 30.3 Å². The Morgan fingerprint density at radius 3 is 2.52 bits per heavy atom. The molecular formula is C14H12F3N3O. The standard InChI is InChI=1S/C14H12F3N3O/c15-14(16,17)21-11-4-2-1-3-9(11)13-19-10(8-5-6-8)7-12(18)20-13/h1-4,7-8H,5-6H2,(H2,18,19,20). The van der Waals surface area contributed by atoms with Gasteiger partial charge < -0.3 is 10.5 Å². The molecule has 0 radical (unpaired) electrons. The smallest absolute Gasteiger partial charge is 0.405 e. The molecule has 1 aromatic carbocycles. The third kappa shape index (κ3) is 3.24. The molecule has 1 saturated carbocycles. The Labute approximate surface area is 118 Å². The van der Waals surface area contributed by atoms with Gasteiger partial charge in [0.25, 0.3) is 0 Å². The molecule has 3 rings (SSSR count). The molecule has 110 valence electrons. The fourth-order valence-electron chi connectivity index (χ4n) is 2.06. The molecule has 7 heteroatoms. The molecule has 1 aromatic heterocycles. The highest BCUT2D eigenvalue weighted by atomic mass is 19.4. The van der Waals surface area contributed by atoms with Crippen LogP contribution in [-0.4, -0.2) is 16.3 Å². The molecule has 1 fully saturated rings. The Morgan fingerprint density at radius 2 is 1.86 bits per heavy atom. The summed E-state index contributed by atoms with van der Waals surface area (Å²) in [6, 6.07) is 7.42. The fraction of sp³-hybridized carbons (Fsp3) is 0.286. The molecule has 0 spiro atoms. The van der Waals surface area contributed by atoms with Crippen LogP contribution in [0.5, 0.6) is 5.75 Å². The predicted molar refractivity (Wildman–Crippen MR) is 70.5 cm³/mol. The Kier molecular flexibility index (Phi) is 3.19. The van der Waals surface area contributed by atoms with Gasteiger partial charge in [0.1, 0.15) is 11.6 Å². The molecule has 4 nitrogen and oxygen atoms in total. The molecule has 2 aromatic rings. The van der Waals surface area contributed by atoms with Crippen molar-refractivity contribution >= 4 is 5.82 Å². The van der Waals surface area contributed by atoms with E-state index >= 15 is 0 Å². The number of para-hydroxylation sites is 1. The molecule has 0 unspecified atom stereocenters. The van der Waals surface area contributed by atoms with Gasteiger partial charge in [0, 0.05) is 17.7 Å². The van der Waals surface area contributed by atoms with Crippen molar-refractivity contribution < 1.29 is 17.9 Å². The van der Waals surface area contributed by atoms with Crippen LogP contribution in [0.4, 0.5) is 19.0 Å². The summed E-state index contributed by atoms with van der Waals surface area (Å²) in [6.07, 6.45) is -2.75. The largest absolute Gasteiger partial charge is 0.573 e. The normalized spacial score (nSPS) is 15.0. The lowest BCUT2D eigenvalue weighted by Gasteiger charge is -2.13. The van der Waals surface area contributed by atoms with Crippen LogP contribution in [0.2, 0.25) is 0 Å². The van der Waals surface area contributed by atoms with E-state index in [1.165, 1.54) is 18.2 Å². The molecule has 0 bridgehead atoms. The van der Waals surface area contributed by atoms with Crippen LogP contribution in [0.3, 0.4) is 0 Å². The second kappa shape index (κ2) is 4.91. The van der Waals surface area contributed by atoms with Gasteiger partial charge in [-0.1, -0.05) is 12.1 Å². The van der Waals surface area contributed by atoms with Crippen molar-refractivity contribution in [2.75, 3.05) is 5.73 Å². The number of anilines is 1. The van der Waals surface area contributed by atoms with Gasteiger partial charge in [-0.3, -0.25) is 0 Å². The van der Waals surface area contributed by atoms with E-state index in [2.05, 4.69) is 14.7 Å². The van der Waals surface area contributed by atoms with Crippen LogP contribution >= 0.6 is 0 Å². The molecular weight excluding hydrogens is 283 g/mol. The number of nitrogen functional groups attached to an aromatic ring is 1. The zero-order chi connectivity index (χ0) is 15.0. The lowest BCUT2D eigenvalue weighted by atomic mass is 10.1. The minimum absolute atomic E-state index is 0.150. The molecule has 0 atom stereocenters. The first-order chi connectivity index (χ1) is 9.92. The first-order valence-electron chi connectivity index (χ1n) is 6.42. The van der Waals surface area contributed by atoms with Gasteiger partial charge in [-0.25, -0.2) is 9.97 Å². The summed E-state index contributed by atoms with van der Waals surface area (Å²) in [7, 11) is 0. The van der Waals surface area contributed by atoms with Gasteiger partial charge in [0.05, 0.1) is 5.56 Å². The maximum absolute atomic E-state index is 12.4. The number of nitrogens with zero attached hydrogens (tertiary/aromatic N) is 2. The number of rotatable bonds is 3. The van der Waals surface area contributed by atoms with Crippen molar-refractivity contribution in [3.8, 4) is 17.1 Å². The van der Waals surface area contributed by atoms with E-state index in [0.29, 0.717) is 5.92 Å². The highest BCUT2D eigenvalue weighted by Gasteiger charge is 2.33. The van der Waals surface area contributed by atoms with Crippen LogP contribution in [0.1, 0.15) is 24.5 Å². The molecule has 0 saturated heterocycles. The van der Waals surface area contributed by atoms with Crippen molar-refractivity contribution in [1.82, 2.24) is 9.97 Å². The van der Waals surface area contributed by atoms with Crippen molar-refractivity contribution in [2.45, 2.75) is 25.1 Å². The summed E-state index contributed by atoms with van der Waals surface area (Å²) >= 11 is 0. The minimum Gasteiger partial charge on any atom is -0.405 e. The van der Waals surface area contributed by atoms with E-state index < -0.39 is 6.36 Å². The summed E-state index contributed by atoms with van der Waals surface area (Å²) in [6.45, 7) is 0. The van der Waals surface area contributed by atoms with Gasteiger partial charge in [0.15, 0.2) is 5.82 Å². The molecule has 1 aliphatic carbocycles. The number of benzene rings is 1. The van der Waals surface area contributed by atoms with Crippen LogP contribution in [-0.2, 0) is 0 Å². The summed E-state index contributed by atoms with van der Waals surface area (Å²) in [4.78, 5) is 8.34. The van der Waals surface area contributed by atoms with Crippen molar-refractivity contribution in [3.05, 3.63) is 36.0 Å². The van der Waals surface area contributed by atoms with Crippen LogP contribution in [0.25, 0.3) is 11.4 Å². The molecule has 1 heterocycles. The number of ether oxygens (including phenoxy) is 1. The summed E-state index contributed by atoms with van der Waals surface area (Å²) < 4.78 is 41.4. The second-order valence-electron chi connectivity index (χ2n) is 4.86. The zero-order valence-electron chi connectivity index (χ0n) is 10.9. The monoisotopic (exact) mass is 295 g/mol. The van der Waals surface area contributed by atoms with Gasteiger partial charge >= 0.3 is 6.36 Å². The van der Waals surface area contributed by atoms with Crippen molar-refractivity contribution in [3.63, 3.8) is 0 Å². The Bertz CT molecular complexity index is 669. The Hall–Kier alpha value is -2.31. The predicted octanol–water partition coefficient (Wildman–Crippen LogP) is 3.50. The van der Waals surface area contributed by atoms with E-state index in [9.17, 15) is 13.2 Å². The van der Waals surface area contributed by atoms with E-state index in [1.807, 2.05) is 0 Å². The SMILES string of the molecule is Nc1cc(C2CC2)nc(-c2ccccc2OC(F)(F)F)n1. The van der Waals surface area contributed by atoms with Crippen molar-refractivity contribution in [1.29, 1.82) is 0 Å². The average molecular weight is 295 g/mol. The van der Waals surface area contributed by atoms with Crippen molar-refractivity contribution in [2.24, 2.45) is 0 Å². The maximum atomic E-state index is 12.4. The van der Waals surface area contributed by atoms with E-state index in [1.54, 1.807) is 12.1 Å². The third-order valence-electron chi connectivity index (χ3n) is 3.12. The molecule has 21 heavy (non-hydrogen) atoms. The highest BCUT2D eigenvalue weighted by Crippen LogP contribution is 2.40. The first kappa shape index (κ1) is 13.7. The van der Waals surface area contributed by atoms with Gasteiger partial charge in [-0.05, 0) is 25.0 Å². The molecule has 2 N–H and O–H groups in total. The summed E-state index contributed by atoms with van der Waals surface area (Å²) in [5.41, 5.74) is 6.66. The first-order valence-corrected chi connectivity index (χ1v) is 6.42. The number of nitrogens with two attached hydrogens (primary N) is 1. The maximum Gasteiger partial charge on any atom is 0.573 e. The van der Waals surface area contributed by atoms with Gasteiger partial charge in [0.2, 0.25) is 0 Å². The number of halogens is 3. The fourth-order valence-corrected chi connectivity index (χ4v) is 2.06. The number of aromatic nitrogens is 2. The number of alkyl halides is 3. The Morgan fingerprint density at radius 1 is 1.14 bits per heavy atom. The van der Waals surface area contributed by atoms with E-state index in [0.717, 1.165) is 18.5 Å². The molecule has 0 amide bonds. The zero-order valence-corrected chi connectivity index (χ0v) is 10.9. The Balaban J connectivity index is 2.04. The quantitative estimate of drug-likeness (QED) is 0.941. The summed E-state index contributed by atoms with van der Waals surface area (Å²) in [5.74, 6) is 0.377. The second-order valence-corrected chi connectivity index (χ2v) is 4.86. The highest BCUT2D eigenvalue weighted by molar-refractivity contribution is 5.65. The topological polar surface area (TPSA) is 61.0 Å². The third-order valence-corrected chi connectivity index (χ3v) is 3.12. The lowest BCUT2D eigenvalue weighted by molar-refractivity contribution is -0.274. The molecule has 0 aliphatic heterocycles. The van der Waals surface area contributed by atoms with E-state index in [-0.39, 0.29) is 23.0 Å². The van der Waals surface area contributed by atoms with Crippen LogP contribution < -0.4 is 10.5 Å². The minimum atomic E-state index is -4.77.